The molecule has 310 valence electrons. The maximum atomic E-state index is 13.9. The Labute approximate surface area is 344 Å². The van der Waals surface area contributed by atoms with Crippen molar-refractivity contribution in [2.75, 3.05) is 38.2 Å². The molecule has 2 aliphatic rings. The molecule has 0 spiro atoms. The molecule has 3 aromatic rings. The van der Waals surface area contributed by atoms with Crippen LogP contribution in [0.2, 0.25) is 0 Å². The third kappa shape index (κ3) is 13.3. The number of carbonyl (C=O) groups excluding carboxylic acids is 4. The lowest BCUT2D eigenvalue weighted by molar-refractivity contribution is -0.129. The Hall–Kier alpha value is -5.03. The summed E-state index contributed by atoms with van der Waals surface area (Å²) < 4.78 is 5.38. The third-order valence-corrected chi connectivity index (χ3v) is 11.2. The van der Waals surface area contributed by atoms with E-state index in [-0.39, 0.29) is 35.7 Å². The van der Waals surface area contributed by atoms with Crippen molar-refractivity contribution in [3.05, 3.63) is 89.0 Å². The van der Waals surface area contributed by atoms with E-state index < -0.39 is 17.6 Å². The molecule has 58 heavy (non-hydrogen) atoms. The van der Waals surface area contributed by atoms with Crippen molar-refractivity contribution in [2.45, 2.75) is 105 Å². The van der Waals surface area contributed by atoms with Crippen molar-refractivity contribution in [3.8, 4) is 11.1 Å². The molecule has 0 radical (unpaired) electrons. The molecule has 1 aliphatic carbocycles. The molecule has 1 heterocycles. The molecular weight excluding hydrogens is 729 g/mol. The van der Waals surface area contributed by atoms with Gasteiger partial charge in [0.1, 0.15) is 11.4 Å². The molecule has 1 saturated carbocycles. The predicted octanol–water partition coefficient (Wildman–Crippen LogP) is 9.61. The van der Waals surface area contributed by atoms with E-state index in [9.17, 15) is 19.2 Å². The number of alkyl carbamates (subject to hydrolysis) is 1. The molecular formula is C47H62N6O5. The summed E-state index contributed by atoms with van der Waals surface area (Å²) >= 11 is 0. The average Bonchev–Trinajstić information content (AvgIpc) is 3.75. The fourth-order valence-corrected chi connectivity index (χ4v) is 7.79. The molecule has 5 rings (SSSR count). The molecule has 11 heteroatoms. The molecule has 1 fully saturated rings. The van der Waals surface area contributed by atoms with Gasteiger partial charge >= 0.3 is 6.09 Å². The summed E-state index contributed by atoms with van der Waals surface area (Å²) in [5.74, 6) is 0.223. The first-order chi connectivity index (χ1) is 27.8. The number of nitrogens with one attached hydrogen (secondary N) is 2. The van der Waals surface area contributed by atoms with Crippen molar-refractivity contribution in [2.24, 2.45) is 33.0 Å². The van der Waals surface area contributed by atoms with Crippen LogP contribution in [-0.2, 0) is 20.7 Å². The van der Waals surface area contributed by atoms with E-state index >= 15 is 0 Å². The second-order valence-electron chi connectivity index (χ2n) is 16.7. The van der Waals surface area contributed by atoms with Crippen LogP contribution in [-0.4, -0.2) is 72.8 Å². The lowest BCUT2D eigenvalue weighted by Crippen LogP contribution is -2.37. The van der Waals surface area contributed by atoms with Crippen LogP contribution in [0, 0.1) is 24.7 Å². The molecule has 3 aromatic carbocycles. The Morgan fingerprint density at radius 1 is 0.879 bits per heavy atom. The number of unbranched alkanes of at least 4 members (excludes halogenated alkanes) is 1. The summed E-state index contributed by atoms with van der Waals surface area (Å²) in [4.78, 5) is 59.6. The minimum atomic E-state index is -0.573. The van der Waals surface area contributed by atoms with Crippen molar-refractivity contribution >= 4 is 35.1 Å². The van der Waals surface area contributed by atoms with Crippen LogP contribution >= 0.6 is 0 Å². The number of aliphatic imine (C=N–C) groups is 1. The summed E-state index contributed by atoms with van der Waals surface area (Å²) in [6, 6.07) is 21.5. The Morgan fingerprint density at radius 3 is 2.19 bits per heavy atom. The number of aryl methyl sites for hydroxylation is 1. The molecule has 0 bridgehead atoms. The summed E-state index contributed by atoms with van der Waals surface area (Å²) in [7, 11) is 0. The third-order valence-electron chi connectivity index (χ3n) is 11.2. The monoisotopic (exact) mass is 790 g/mol. The Balaban J connectivity index is 1.22. The van der Waals surface area contributed by atoms with Gasteiger partial charge in [-0.2, -0.15) is 5.11 Å². The first-order valence-electron chi connectivity index (χ1n) is 21.1. The maximum Gasteiger partial charge on any atom is 0.407 e. The van der Waals surface area contributed by atoms with E-state index in [2.05, 4.69) is 56.7 Å². The van der Waals surface area contributed by atoms with Crippen LogP contribution in [0.5, 0.6) is 0 Å². The normalized spacial score (nSPS) is 17.1. The van der Waals surface area contributed by atoms with Crippen LogP contribution in [0.25, 0.3) is 11.1 Å². The Bertz CT molecular complexity index is 1920. The lowest BCUT2D eigenvalue weighted by atomic mass is 9.77. The molecule has 0 unspecified atom stereocenters. The zero-order chi connectivity index (χ0) is 41.7. The number of benzene rings is 3. The SMILES string of the molecule is CCN(CC)CCCCC(=O)c1ccc(-c2ccc(C[C@H](CC(=O)C3CCC(CNC(=O)OC(C)(C)C)CC3)C(=O)Nc3ccc(C4=NCN=N4)cc3)cc2)c(C)c1. The van der Waals surface area contributed by atoms with Gasteiger partial charge in [-0.15, -0.1) is 5.11 Å². The molecule has 11 nitrogen and oxygen atoms in total. The highest BCUT2D eigenvalue weighted by Crippen LogP contribution is 2.32. The molecule has 0 aromatic heterocycles. The zero-order valence-corrected chi connectivity index (χ0v) is 35.3. The van der Waals surface area contributed by atoms with Crippen molar-refractivity contribution in [1.29, 1.82) is 0 Å². The van der Waals surface area contributed by atoms with E-state index in [1.165, 1.54) is 0 Å². The van der Waals surface area contributed by atoms with Gasteiger partial charge in [-0.1, -0.05) is 50.2 Å². The highest BCUT2D eigenvalue weighted by Gasteiger charge is 2.31. The van der Waals surface area contributed by atoms with Gasteiger partial charge in [-0.25, -0.2) is 9.79 Å². The van der Waals surface area contributed by atoms with E-state index in [1.54, 1.807) is 0 Å². The number of anilines is 1. The van der Waals surface area contributed by atoms with Crippen molar-refractivity contribution in [3.63, 3.8) is 0 Å². The highest BCUT2D eigenvalue weighted by atomic mass is 16.6. The zero-order valence-electron chi connectivity index (χ0n) is 35.3. The number of carbonyl (C=O) groups is 4. The summed E-state index contributed by atoms with van der Waals surface area (Å²) in [6.07, 6.45) is 5.68. The smallest absolute Gasteiger partial charge is 0.407 e. The van der Waals surface area contributed by atoms with E-state index in [0.717, 1.165) is 91.5 Å². The van der Waals surface area contributed by atoms with Gasteiger partial charge in [0.25, 0.3) is 0 Å². The number of amides is 2. The van der Waals surface area contributed by atoms with Crippen LogP contribution in [0.15, 0.2) is 82.0 Å². The van der Waals surface area contributed by atoms with E-state index in [1.807, 2.05) is 82.3 Å². The molecule has 2 N–H and O–H groups in total. The number of rotatable bonds is 19. The van der Waals surface area contributed by atoms with Gasteiger partial charge in [-0.05, 0) is 151 Å². The summed E-state index contributed by atoms with van der Waals surface area (Å²) in [5, 5.41) is 13.9. The standard InChI is InChI=1S/C47H62N6O5/c1-7-53(8-2)26-10-9-11-42(54)38-22-25-41(32(3)27-38)35-16-12-33(13-17-35)28-39(45(56)51-40-23-20-37(21-24-40)44-49-31-50-52-44)29-43(55)36-18-14-34(15-19-36)30-48-46(57)58-47(4,5)6/h12-13,16-17,20-25,27,34,36,39H,7-11,14-15,18-19,26,28-31H2,1-6H3,(H,48,57)(H,51,56)/t34?,36?,39-/m1/s1. The topological polar surface area (TPSA) is 142 Å². The van der Waals surface area contributed by atoms with Gasteiger partial charge in [0.05, 0.1) is 0 Å². The highest BCUT2D eigenvalue weighted by molar-refractivity contribution is 6.01. The average molecular weight is 791 g/mol. The molecule has 2 amide bonds. The van der Waals surface area contributed by atoms with Gasteiger partial charge in [-0.3, -0.25) is 14.4 Å². The summed E-state index contributed by atoms with van der Waals surface area (Å²) in [6.45, 7) is 15.8. The Morgan fingerprint density at radius 2 is 1.57 bits per heavy atom. The molecule has 0 saturated heterocycles. The molecule has 1 atom stereocenters. The van der Waals surface area contributed by atoms with E-state index in [4.69, 9.17) is 4.74 Å². The van der Waals surface area contributed by atoms with Crippen molar-refractivity contribution < 1.29 is 23.9 Å². The minimum absolute atomic E-state index is 0.101. The van der Waals surface area contributed by atoms with Crippen molar-refractivity contribution in [1.82, 2.24) is 10.2 Å². The number of Topliss-reactive ketones (excluding diaryl/α,β-unsaturated/α-hetero) is 2. The number of ether oxygens (including phenoxy) is 1. The predicted molar refractivity (Wildman–Crippen MR) is 230 cm³/mol. The van der Waals surface area contributed by atoms with Crippen LogP contribution < -0.4 is 10.6 Å². The van der Waals surface area contributed by atoms with Gasteiger partial charge in [0.2, 0.25) is 5.91 Å². The first-order valence-corrected chi connectivity index (χ1v) is 21.1. The summed E-state index contributed by atoms with van der Waals surface area (Å²) in [5.41, 5.74) is 5.72. The number of amidine groups is 1. The van der Waals surface area contributed by atoms with Crippen LogP contribution in [0.3, 0.4) is 0 Å². The minimum Gasteiger partial charge on any atom is -0.444 e. The second-order valence-corrected chi connectivity index (χ2v) is 16.7. The second kappa shape index (κ2) is 21.1. The first kappa shape index (κ1) is 44.1. The van der Waals surface area contributed by atoms with Gasteiger partial charge in [0, 0.05) is 48.0 Å². The quantitative estimate of drug-likeness (QED) is 0.0915. The van der Waals surface area contributed by atoms with Gasteiger partial charge < -0.3 is 20.3 Å². The fourth-order valence-electron chi connectivity index (χ4n) is 7.79. The van der Waals surface area contributed by atoms with Crippen LogP contribution in [0.4, 0.5) is 10.5 Å². The largest absolute Gasteiger partial charge is 0.444 e. The lowest BCUT2D eigenvalue weighted by Gasteiger charge is -2.29. The van der Waals surface area contributed by atoms with Gasteiger partial charge in [0.15, 0.2) is 18.3 Å². The number of hydrogen-bond donors (Lipinski definition) is 2. The number of azo groups is 1. The van der Waals surface area contributed by atoms with E-state index in [0.29, 0.717) is 37.6 Å². The number of hydrogen-bond acceptors (Lipinski definition) is 9. The molecule has 1 aliphatic heterocycles. The number of ketones is 2. The maximum absolute atomic E-state index is 13.9. The van der Waals surface area contributed by atoms with Crippen LogP contribution in [0.1, 0.15) is 113 Å². The Kier molecular flexibility index (Phi) is 16.0. The number of nitrogens with zero attached hydrogens (tertiary/aromatic N) is 4. The fraction of sp³-hybridized carbons (Fsp3) is 0.511.